The molecular formula is C17H17FN4O5S. The number of carbonyl (C=O) groups is 1. The molecule has 1 aliphatic rings. The molecule has 1 amide bonds. The molecule has 0 saturated carbocycles. The van der Waals surface area contributed by atoms with Crippen molar-refractivity contribution in [1.29, 1.82) is 5.26 Å². The van der Waals surface area contributed by atoms with Crippen LogP contribution in [-0.4, -0.2) is 42.8 Å². The van der Waals surface area contributed by atoms with Crippen LogP contribution < -0.4 is 14.8 Å². The van der Waals surface area contributed by atoms with E-state index in [9.17, 15) is 22.7 Å². The highest BCUT2D eigenvalue weighted by Gasteiger charge is 2.37. The lowest BCUT2D eigenvalue weighted by Gasteiger charge is -2.20. The Morgan fingerprint density at radius 1 is 1.50 bits per heavy atom. The number of carbonyl (C=O) groups excluding carboxylic acids is 1. The van der Waals surface area contributed by atoms with Gasteiger partial charge in [-0.3, -0.25) is 4.79 Å². The first kappa shape index (κ1) is 19.8. The molecule has 3 N–H and O–H groups in total. The van der Waals surface area contributed by atoms with Crippen molar-refractivity contribution in [2.75, 3.05) is 11.9 Å². The molecule has 0 unspecified atom stereocenters. The van der Waals surface area contributed by atoms with E-state index < -0.39 is 40.5 Å². The van der Waals surface area contributed by atoms with E-state index in [1.807, 2.05) is 0 Å². The summed E-state index contributed by atoms with van der Waals surface area (Å²) in [7, 11) is -2.55. The highest BCUT2D eigenvalue weighted by Crippen LogP contribution is 2.34. The van der Waals surface area contributed by atoms with Crippen molar-refractivity contribution in [3.63, 3.8) is 0 Å². The molecule has 28 heavy (non-hydrogen) atoms. The van der Waals surface area contributed by atoms with Crippen molar-refractivity contribution in [2.24, 2.45) is 7.05 Å². The summed E-state index contributed by atoms with van der Waals surface area (Å²) in [6, 6.07) is 4.28. The molecule has 0 bridgehead atoms. The molecule has 9 nitrogen and oxygen atoms in total. The second kappa shape index (κ2) is 7.23. The standard InChI is InChI=1S/C17H17FN4O5S/c1-9-13(8-23)21-28(25,26)14-7-22(2)15(16(14)27-9)17(24)20-11-3-4-12(18)10(5-11)6-19/h3-5,7,9,13,21,23H,8H2,1-2H3,(H,20,24)/t9-,13+/m0/s1. The summed E-state index contributed by atoms with van der Waals surface area (Å²) in [4.78, 5) is 12.5. The van der Waals surface area contributed by atoms with Crippen LogP contribution in [0.4, 0.5) is 10.1 Å². The highest BCUT2D eigenvalue weighted by molar-refractivity contribution is 7.89. The fourth-order valence-corrected chi connectivity index (χ4v) is 4.31. The molecule has 0 saturated heterocycles. The van der Waals surface area contributed by atoms with E-state index in [4.69, 9.17) is 10.00 Å². The molecule has 11 heteroatoms. The molecule has 3 rings (SSSR count). The summed E-state index contributed by atoms with van der Waals surface area (Å²) < 4.78 is 47.9. The summed E-state index contributed by atoms with van der Waals surface area (Å²) in [5, 5.41) is 20.8. The minimum absolute atomic E-state index is 0.0753. The molecule has 2 atom stereocenters. The van der Waals surface area contributed by atoms with Crippen LogP contribution in [-0.2, 0) is 17.1 Å². The number of anilines is 1. The second-order valence-electron chi connectivity index (χ2n) is 6.28. The van der Waals surface area contributed by atoms with Crippen molar-refractivity contribution < 1.29 is 27.4 Å². The number of benzene rings is 1. The Kier molecular flexibility index (Phi) is 5.12. The van der Waals surface area contributed by atoms with Crippen LogP contribution in [0.3, 0.4) is 0 Å². The first-order chi connectivity index (χ1) is 13.2. The topological polar surface area (TPSA) is 133 Å². The van der Waals surface area contributed by atoms with Gasteiger partial charge in [-0.2, -0.15) is 5.26 Å². The van der Waals surface area contributed by atoms with Gasteiger partial charge in [0.25, 0.3) is 5.91 Å². The van der Waals surface area contributed by atoms with E-state index in [2.05, 4.69) is 10.0 Å². The number of fused-ring (bicyclic) bond motifs is 1. The molecular weight excluding hydrogens is 391 g/mol. The van der Waals surface area contributed by atoms with Gasteiger partial charge in [-0.25, -0.2) is 17.5 Å². The van der Waals surface area contributed by atoms with Gasteiger partial charge in [0.15, 0.2) is 11.4 Å². The smallest absolute Gasteiger partial charge is 0.276 e. The fourth-order valence-electron chi connectivity index (χ4n) is 2.84. The van der Waals surface area contributed by atoms with Gasteiger partial charge in [0, 0.05) is 18.9 Å². The summed E-state index contributed by atoms with van der Waals surface area (Å²) in [6.07, 6.45) is 0.482. The van der Waals surface area contributed by atoms with Gasteiger partial charge >= 0.3 is 0 Å². The van der Waals surface area contributed by atoms with Crippen LogP contribution in [0.25, 0.3) is 0 Å². The van der Waals surface area contributed by atoms with E-state index >= 15 is 0 Å². The fraction of sp³-hybridized carbons (Fsp3) is 0.294. The van der Waals surface area contributed by atoms with Gasteiger partial charge < -0.3 is 19.7 Å². The number of rotatable bonds is 3. The van der Waals surface area contributed by atoms with Gasteiger partial charge in [0.1, 0.15) is 22.9 Å². The maximum Gasteiger partial charge on any atom is 0.276 e. The quantitative estimate of drug-likeness (QED) is 0.685. The molecule has 0 fully saturated rings. The van der Waals surface area contributed by atoms with E-state index in [0.29, 0.717) is 0 Å². The van der Waals surface area contributed by atoms with Crippen LogP contribution in [0.2, 0.25) is 0 Å². The first-order valence-electron chi connectivity index (χ1n) is 8.18. The number of halogens is 1. The molecule has 1 aromatic heterocycles. The van der Waals surface area contributed by atoms with Crippen LogP contribution in [0.15, 0.2) is 29.3 Å². The predicted molar refractivity (Wildman–Crippen MR) is 95.8 cm³/mol. The van der Waals surface area contributed by atoms with Gasteiger partial charge in [0.05, 0.1) is 18.2 Å². The van der Waals surface area contributed by atoms with Crippen molar-refractivity contribution in [2.45, 2.75) is 24.0 Å². The normalized spacial score (nSPS) is 20.4. The third kappa shape index (κ3) is 3.45. The van der Waals surface area contributed by atoms with Gasteiger partial charge in [0.2, 0.25) is 10.0 Å². The maximum atomic E-state index is 13.5. The molecule has 148 valence electrons. The number of ether oxygens (including phenoxy) is 1. The minimum atomic E-state index is -4.03. The van der Waals surface area contributed by atoms with E-state index in [1.165, 1.54) is 29.9 Å². The number of sulfonamides is 1. The Labute approximate surface area is 160 Å². The maximum absolute atomic E-state index is 13.5. The lowest BCUT2D eigenvalue weighted by Crippen LogP contribution is -2.44. The van der Waals surface area contributed by atoms with Crippen molar-refractivity contribution in [1.82, 2.24) is 9.29 Å². The number of amides is 1. The monoisotopic (exact) mass is 408 g/mol. The summed E-state index contributed by atoms with van der Waals surface area (Å²) in [6.45, 7) is 1.08. The van der Waals surface area contributed by atoms with Crippen LogP contribution in [0, 0.1) is 17.1 Å². The number of aromatic nitrogens is 1. The SMILES string of the molecule is C[C@@H]1Oc2c(cn(C)c2C(=O)Nc2ccc(F)c(C#N)c2)S(=O)(=O)N[C@@H]1CO. The third-order valence-corrected chi connectivity index (χ3v) is 5.81. The third-order valence-electron chi connectivity index (χ3n) is 4.33. The predicted octanol–water partition coefficient (Wildman–Crippen LogP) is 0.708. The van der Waals surface area contributed by atoms with Crippen LogP contribution in [0.5, 0.6) is 5.75 Å². The van der Waals surface area contributed by atoms with Crippen LogP contribution in [0.1, 0.15) is 23.0 Å². The summed E-state index contributed by atoms with van der Waals surface area (Å²) in [5.41, 5.74) is -0.159. The van der Waals surface area contributed by atoms with Crippen molar-refractivity contribution in [3.05, 3.63) is 41.5 Å². The molecule has 0 radical (unpaired) electrons. The first-order valence-corrected chi connectivity index (χ1v) is 9.66. The Bertz CT molecular complexity index is 1090. The average molecular weight is 408 g/mol. The van der Waals surface area contributed by atoms with E-state index in [-0.39, 0.29) is 27.6 Å². The van der Waals surface area contributed by atoms with Crippen molar-refractivity contribution >= 4 is 21.6 Å². The summed E-state index contributed by atoms with van der Waals surface area (Å²) in [5.74, 6) is -1.58. The Balaban J connectivity index is 2.02. The molecule has 0 aliphatic carbocycles. The largest absolute Gasteiger partial charge is 0.485 e. The van der Waals surface area contributed by atoms with Crippen LogP contribution >= 0.6 is 0 Å². The zero-order valence-electron chi connectivity index (χ0n) is 14.9. The zero-order chi connectivity index (χ0) is 20.6. The zero-order valence-corrected chi connectivity index (χ0v) is 15.7. The lowest BCUT2D eigenvalue weighted by atomic mass is 10.2. The number of nitrogens with one attached hydrogen (secondary N) is 2. The average Bonchev–Trinajstić information content (AvgIpc) is 2.93. The number of hydrogen-bond acceptors (Lipinski definition) is 6. The number of hydrogen-bond donors (Lipinski definition) is 3. The number of aliphatic hydroxyl groups is 1. The highest BCUT2D eigenvalue weighted by atomic mass is 32.2. The number of nitriles is 1. The molecule has 1 aromatic carbocycles. The number of aliphatic hydroxyl groups excluding tert-OH is 1. The van der Waals surface area contributed by atoms with Gasteiger partial charge in [-0.15, -0.1) is 0 Å². The lowest BCUT2D eigenvalue weighted by molar-refractivity contribution is 0.0999. The van der Waals surface area contributed by atoms with E-state index in [1.54, 1.807) is 13.0 Å². The second-order valence-corrected chi connectivity index (χ2v) is 7.96. The van der Waals surface area contributed by atoms with E-state index in [0.717, 1.165) is 6.07 Å². The number of nitrogens with zero attached hydrogens (tertiary/aromatic N) is 2. The Morgan fingerprint density at radius 2 is 2.21 bits per heavy atom. The summed E-state index contributed by atoms with van der Waals surface area (Å²) >= 11 is 0. The molecule has 1 aliphatic heterocycles. The number of aryl methyl sites for hydroxylation is 1. The van der Waals surface area contributed by atoms with Gasteiger partial charge in [-0.1, -0.05) is 0 Å². The molecule has 0 spiro atoms. The molecule has 2 heterocycles. The molecule has 2 aromatic rings. The Hall–Kier alpha value is -2.94. The minimum Gasteiger partial charge on any atom is -0.485 e. The Morgan fingerprint density at radius 3 is 2.86 bits per heavy atom. The van der Waals surface area contributed by atoms with Crippen molar-refractivity contribution in [3.8, 4) is 11.8 Å². The van der Waals surface area contributed by atoms with Gasteiger partial charge in [-0.05, 0) is 25.1 Å².